The molecule has 0 heterocycles. The van der Waals surface area contributed by atoms with Crippen molar-refractivity contribution in [1.29, 1.82) is 0 Å². The Labute approximate surface area is 218 Å². The smallest absolute Gasteiger partial charge is 0.275 e. The Balaban J connectivity index is 2.00. The van der Waals surface area contributed by atoms with Crippen LogP contribution in [0.4, 0.5) is 0 Å². The summed E-state index contributed by atoms with van der Waals surface area (Å²) in [5.74, 6) is 1.07. The summed E-state index contributed by atoms with van der Waals surface area (Å²) in [5.41, 5.74) is 3.82. The summed E-state index contributed by atoms with van der Waals surface area (Å²) in [6, 6.07) is 11.7. The number of likely N-dealkylation sites (N-methyl/N-ethyl adjacent to an activating group) is 1. The molecule has 0 aliphatic heterocycles. The zero-order valence-corrected chi connectivity index (χ0v) is 22.5. The average molecular weight is 494 g/mol. The van der Waals surface area contributed by atoms with Crippen molar-refractivity contribution >= 4 is 5.91 Å². The second-order valence-electron chi connectivity index (χ2n) is 10.1. The third kappa shape index (κ3) is 9.90. The lowest BCUT2D eigenvalue weighted by Crippen LogP contribution is -2.48. The van der Waals surface area contributed by atoms with Gasteiger partial charge in [-0.25, -0.2) is 0 Å². The Morgan fingerprint density at radius 2 is 1.64 bits per heavy atom. The Morgan fingerprint density at radius 1 is 0.972 bits per heavy atom. The van der Waals surface area contributed by atoms with Crippen LogP contribution in [-0.4, -0.2) is 55.8 Å². The maximum atomic E-state index is 12.3. The number of hydrogen-bond donors (Lipinski definition) is 2. The Hall–Kier alpha value is -3.05. The van der Waals surface area contributed by atoms with Crippen molar-refractivity contribution in [3.05, 3.63) is 72.8 Å². The summed E-state index contributed by atoms with van der Waals surface area (Å²) >= 11 is 0. The van der Waals surface area contributed by atoms with Crippen molar-refractivity contribution in [3.8, 4) is 22.6 Å². The molecule has 0 radical (unpaired) electrons. The zero-order valence-electron chi connectivity index (χ0n) is 22.5. The molecule has 0 fully saturated rings. The molecular weight excluding hydrogens is 448 g/mol. The second-order valence-corrected chi connectivity index (χ2v) is 10.1. The monoisotopic (exact) mass is 493 g/mol. The maximum Gasteiger partial charge on any atom is 0.275 e. The molecule has 2 N–H and O–H groups in total. The molecule has 0 aromatic heterocycles. The van der Waals surface area contributed by atoms with Crippen LogP contribution in [0.2, 0.25) is 0 Å². The van der Waals surface area contributed by atoms with Crippen molar-refractivity contribution in [2.45, 2.75) is 51.9 Å². The lowest BCUT2D eigenvalue weighted by Gasteiger charge is -2.29. The second kappa shape index (κ2) is 15.1. The van der Waals surface area contributed by atoms with E-state index in [2.05, 4.69) is 45.6 Å². The third-order valence-electron chi connectivity index (χ3n) is 6.24. The molecule has 0 atom stereocenters. The first-order valence-electron chi connectivity index (χ1n) is 13.2. The van der Waals surface area contributed by atoms with Gasteiger partial charge in [0.1, 0.15) is 11.5 Å². The van der Waals surface area contributed by atoms with E-state index >= 15 is 0 Å². The van der Waals surface area contributed by atoms with Gasteiger partial charge in [-0.2, -0.15) is 0 Å². The number of nitrogens with zero attached hydrogens (tertiary/aromatic N) is 1. The summed E-state index contributed by atoms with van der Waals surface area (Å²) in [6.45, 7) is 12.4. The first-order chi connectivity index (χ1) is 17.3. The van der Waals surface area contributed by atoms with Gasteiger partial charge >= 0.3 is 0 Å². The van der Waals surface area contributed by atoms with Gasteiger partial charge in [0, 0.05) is 24.1 Å². The molecule has 0 aliphatic rings. The number of ether oxygens (including phenoxy) is 1. The van der Waals surface area contributed by atoms with Gasteiger partial charge in [0.15, 0.2) is 6.54 Å². The van der Waals surface area contributed by atoms with E-state index in [1.54, 1.807) is 6.07 Å². The highest BCUT2D eigenvalue weighted by Crippen LogP contribution is 2.37. The topological polar surface area (TPSA) is 58.6 Å². The molecule has 0 spiro atoms. The standard InChI is InChI=1S/C31H44N2O3/c1-6-9-10-11-19-32-31(35)24-33(4,5)20-12-21-36-30-18-16-26(14-8-3)23-28(30)27-22-25(13-7-2)15-17-29(27)34/h7-8,15-18,22-23H,2-3,6,9-14,19-21,24H2,1,4-5H3,(H-,32,34,35)/p+1. The van der Waals surface area contributed by atoms with E-state index < -0.39 is 0 Å². The van der Waals surface area contributed by atoms with Crippen LogP contribution in [0.25, 0.3) is 11.1 Å². The maximum absolute atomic E-state index is 12.3. The number of allylic oxidation sites excluding steroid dienone is 2. The molecule has 2 aromatic rings. The van der Waals surface area contributed by atoms with Gasteiger partial charge in [-0.1, -0.05) is 50.5 Å². The summed E-state index contributed by atoms with van der Waals surface area (Å²) in [5, 5.41) is 13.7. The minimum absolute atomic E-state index is 0.104. The van der Waals surface area contributed by atoms with Crippen LogP contribution in [0.3, 0.4) is 0 Å². The van der Waals surface area contributed by atoms with E-state index in [4.69, 9.17) is 4.74 Å². The molecule has 0 bridgehead atoms. The molecule has 1 amide bonds. The fraction of sp³-hybridized carbons (Fsp3) is 0.452. The number of benzene rings is 2. The van der Waals surface area contributed by atoms with Gasteiger partial charge in [0.05, 0.1) is 27.2 Å². The fourth-order valence-electron chi connectivity index (χ4n) is 4.28. The summed E-state index contributed by atoms with van der Waals surface area (Å²) in [6.07, 6.45) is 10.6. The number of hydrogen-bond acceptors (Lipinski definition) is 3. The molecule has 2 rings (SSSR count). The predicted molar refractivity (Wildman–Crippen MR) is 150 cm³/mol. The lowest BCUT2D eigenvalue weighted by atomic mass is 9.97. The first kappa shape index (κ1) is 29.2. The number of rotatable bonds is 17. The zero-order chi connectivity index (χ0) is 26.4. The molecule has 5 nitrogen and oxygen atoms in total. The highest BCUT2D eigenvalue weighted by molar-refractivity contribution is 5.77. The summed E-state index contributed by atoms with van der Waals surface area (Å²) < 4.78 is 6.83. The summed E-state index contributed by atoms with van der Waals surface area (Å²) in [7, 11) is 4.16. The Bertz CT molecular complexity index is 997. The van der Waals surface area contributed by atoms with E-state index in [9.17, 15) is 9.90 Å². The van der Waals surface area contributed by atoms with Gasteiger partial charge in [-0.15, -0.1) is 13.2 Å². The van der Waals surface area contributed by atoms with Gasteiger partial charge in [-0.3, -0.25) is 4.79 Å². The van der Waals surface area contributed by atoms with Gasteiger partial charge in [0.2, 0.25) is 0 Å². The van der Waals surface area contributed by atoms with Crippen molar-refractivity contribution in [2.24, 2.45) is 0 Å². The van der Waals surface area contributed by atoms with Gasteiger partial charge < -0.3 is 19.6 Å². The number of aromatic hydroxyl groups is 1. The van der Waals surface area contributed by atoms with Crippen molar-refractivity contribution < 1.29 is 19.1 Å². The molecule has 196 valence electrons. The van der Waals surface area contributed by atoms with Crippen LogP contribution >= 0.6 is 0 Å². The highest BCUT2D eigenvalue weighted by atomic mass is 16.5. The SMILES string of the molecule is C=CCc1ccc(O)c(-c2cc(CC=C)ccc2OCCC[N+](C)(C)CC(=O)NCCCCCC)c1. The van der Waals surface area contributed by atoms with E-state index in [1.807, 2.05) is 36.4 Å². The highest BCUT2D eigenvalue weighted by Gasteiger charge is 2.20. The lowest BCUT2D eigenvalue weighted by molar-refractivity contribution is -0.882. The van der Waals surface area contributed by atoms with E-state index in [0.29, 0.717) is 17.6 Å². The van der Waals surface area contributed by atoms with Gasteiger partial charge in [0.25, 0.3) is 5.91 Å². The average Bonchev–Trinajstić information content (AvgIpc) is 2.83. The van der Waals surface area contributed by atoms with Crippen LogP contribution in [0, 0.1) is 0 Å². The van der Waals surface area contributed by atoms with Crippen LogP contribution in [0.5, 0.6) is 11.5 Å². The van der Waals surface area contributed by atoms with Gasteiger partial charge in [-0.05, 0) is 54.7 Å². The molecule has 0 unspecified atom stereocenters. The number of carbonyl (C=O) groups excluding carboxylic acids is 1. The fourth-order valence-corrected chi connectivity index (χ4v) is 4.28. The summed E-state index contributed by atoms with van der Waals surface area (Å²) in [4.78, 5) is 12.3. The molecule has 0 saturated carbocycles. The van der Waals surface area contributed by atoms with E-state index in [1.165, 1.54) is 19.3 Å². The largest absolute Gasteiger partial charge is 0.507 e. The van der Waals surface area contributed by atoms with Crippen LogP contribution in [0.15, 0.2) is 61.7 Å². The van der Waals surface area contributed by atoms with E-state index in [-0.39, 0.29) is 11.7 Å². The number of amides is 1. The predicted octanol–water partition coefficient (Wildman–Crippen LogP) is 6.06. The molecule has 2 aromatic carbocycles. The minimum Gasteiger partial charge on any atom is -0.507 e. The number of phenols is 1. The quantitative estimate of drug-likeness (QED) is 0.160. The van der Waals surface area contributed by atoms with Crippen molar-refractivity contribution in [3.63, 3.8) is 0 Å². The normalized spacial score (nSPS) is 11.2. The molecular formula is C31H45N2O3+. The Kier molecular flexibility index (Phi) is 12.3. The van der Waals surface area contributed by atoms with Crippen LogP contribution in [-0.2, 0) is 17.6 Å². The van der Waals surface area contributed by atoms with Crippen LogP contribution < -0.4 is 10.1 Å². The third-order valence-corrected chi connectivity index (χ3v) is 6.24. The number of unbranched alkanes of at least 4 members (excludes halogenated alkanes) is 3. The number of carbonyl (C=O) groups is 1. The minimum atomic E-state index is 0.104. The number of phenolic OH excluding ortho intramolecular Hbond substituents is 1. The Morgan fingerprint density at radius 3 is 2.31 bits per heavy atom. The van der Waals surface area contributed by atoms with E-state index in [0.717, 1.165) is 66.8 Å². The number of quaternary nitrogens is 1. The van der Waals surface area contributed by atoms with Crippen LogP contribution in [0.1, 0.15) is 50.2 Å². The van der Waals surface area contributed by atoms with Crippen molar-refractivity contribution in [2.75, 3.05) is 40.3 Å². The molecule has 0 aliphatic carbocycles. The molecule has 36 heavy (non-hydrogen) atoms. The first-order valence-corrected chi connectivity index (χ1v) is 13.2. The number of nitrogens with one attached hydrogen (secondary N) is 1. The molecule has 0 saturated heterocycles. The molecule has 5 heteroatoms. The van der Waals surface area contributed by atoms with Crippen molar-refractivity contribution in [1.82, 2.24) is 5.32 Å².